The summed E-state index contributed by atoms with van der Waals surface area (Å²) in [6.45, 7) is 19.3. The summed E-state index contributed by atoms with van der Waals surface area (Å²) in [7, 11) is 10.8. The number of carbonyl (C=O) groups is 3. The third-order valence-electron chi connectivity index (χ3n) is 27.1. The third-order valence-corrected chi connectivity index (χ3v) is 33.1. The minimum Gasteiger partial charge on any atom is -0.493 e. The van der Waals surface area contributed by atoms with Gasteiger partial charge in [-0.25, -0.2) is 27.6 Å². The molecule has 3 aliphatic heterocycles. The highest BCUT2D eigenvalue weighted by Crippen LogP contribution is 2.48. The van der Waals surface area contributed by atoms with Crippen LogP contribution in [0, 0.1) is 44.1 Å². The largest absolute Gasteiger partial charge is 0.493 e. The summed E-state index contributed by atoms with van der Waals surface area (Å²) in [6, 6.07) is 53.9. The summed E-state index contributed by atoms with van der Waals surface area (Å²) in [5, 5.41) is 68.8. The van der Waals surface area contributed by atoms with Gasteiger partial charge >= 0.3 is 17.9 Å². The minimum atomic E-state index is -1.04. The summed E-state index contributed by atoms with van der Waals surface area (Å²) in [5.41, 5.74) is 18.8. The van der Waals surface area contributed by atoms with Crippen molar-refractivity contribution in [3.63, 3.8) is 0 Å². The first-order valence-electron chi connectivity index (χ1n) is 48.4. The minimum absolute atomic E-state index is 0.164. The molecule has 9 aromatic heterocycles. The van der Waals surface area contributed by atoms with Crippen molar-refractivity contribution in [2.24, 2.45) is 48.2 Å². The first-order valence-corrected chi connectivity index (χ1v) is 54.8. The van der Waals surface area contributed by atoms with Crippen molar-refractivity contribution in [1.82, 2.24) is 72.4 Å². The number of aryl methyl sites for hydroxylation is 13. The van der Waals surface area contributed by atoms with E-state index >= 15 is 13.2 Å². The van der Waals surface area contributed by atoms with Gasteiger partial charge in [0.15, 0.2) is 0 Å². The molecule has 21 rings (SSSR count). The summed E-state index contributed by atoms with van der Waals surface area (Å²) >= 11 is 10.4. The SMILES string of the molecule is CCn1nc2cc1CSc1cc(c3ccccc3c1)OCCCc1c(C(=O)O)n(C)c3c(c(F)ccc13)-c1c(C)nn(C)c1CSC2.Cc1nn(C)c2c1-c1c(F)ccc3c(c(C(=O)O)n(C)c13)CCCOc1cc(cc3ccccc13)SCc1cc(nn1C(C)C)CSC2.Cc1nn(C)c2c1-c1c(F)ccc3c(c(C(=O)O)n(C)c13)CCCOc1cc(cc3ccccc13)SCc1cc(nn1CC(C)C)CSC2. The Balaban J connectivity index is 0.000000137. The maximum Gasteiger partial charge on any atom is 0.352 e. The van der Waals surface area contributed by atoms with E-state index in [1.807, 2.05) is 92.4 Å². The molecule has 12 heterocycles. The molecule has 0 fully saturated rings. The second-order valence-corrected chi connectivity index (χ2v) is 43.7. The quantitative estimate of drug-likeness (QED) is 0.134. The number of rotatable bonds is 7. The van der Waals surface area contributed by atoms with Crippen LogP contribution in [0.2, 0.25) is 0 Å². The van der Waals surface area contributed by atoms with E-state index in [4.69, 9.17) is 44.8 Å². The average Bonchev–Trinajstić information content (AvgIpc) is 1.58. The van der Waals surface area contributed by atoms with Crippen molar-refractivity contribution in [2.45, 2.75) is 180 Å². The zero-order valence-electron chi connectivity index (χ0n) is 83.0. The number of thioether (sulfide) groups is 6. The Morgan fingerprint density at radius 2 is 0.694 bits per heavy atom. The fourth-order valence-corrected chi connectivity index (χ4v) is 26.6. The molecule has 744 valence electrons. The van der Waals surface area contributed by atoms with Crippen LogP contribution in [0.15, 0.2) is 178 Å². The molecule has 0 radical (unpaired) electrons. The predicted molar refractivity (Wildman–Crippen MR) is 575 cm³/mol. The Hall–Kier alpha value is -12.7. The number of aromatic nitrogens is 15. The van der Waals surface area contributed by atoms with Crippen molar-refractivity contribution in [3.05, 3.63) is 283 Å². The highest BCUT2D eigenvalue weighted by atomic mass is 32.2. The summed E-state index contributed by atoms with van der Waals surface area (Å²) in [4.78, 5) is 41.4. The number of aromatic carboxylic acids is 3. The molecule has 24 bridgehead atoms. The van der Waals surface area contributed by atoms with E-state index in [0.29, 0.717) is 182 Å². The monoisotopic (exact) mass is 2050 g/mol. The molecule has 0 saturated carbocycles. The smallest absolute Gasteiger partial charge is 0.352 e. The van der Waals surface area contributed by atoms with Crippen molar-refractivity contribution >= 4 is 154 Å². The molecular weight excluding hydrogens is 1940 g/mol. The maximum atomic E-state index is 16.1. The van der Waals surface area contributed by atoms with Crippen LogP contribution < -0.4 is 14.2 Å². The molecule has 0 aliphatic carbocycles. The first kappa shape index (κ1) is 100. The van der Waals surface area contributed by atoms with E-state index in [1.54, 1.807) is 124 Å². The summed E-state index contributed by atoms with van der Waals surface area (Å²) < 4.78 is 84.1. The molecule has 144 heavy (non-hydrogen) atoms. The van der Waals surface area contributed by atoms with Crippen molar-refractivity contribution < 1.29 is 57.1 Å². The molecule has 3 N–H and O–H groups in total. The fourth-order valence-electron chi connectivity index (χ4n) is 20.9. The van der Waals surface area contributed by atoms with Crippen LogP contribution in [-0.4, -0.2) is 125 Å². The molecule has 9 aromatic carbocycles. The molecule has 0 unspecified atom stereocenters. The van der Waals surface area contributed by atoms with E-state index in [2.05, 4.69) is 140 Å². The Kier molecular flexibility index (Phi) is 29.6. The lowest BCUT2D eigenvalue weighted by molar-refractivity contribution is 0.0675. The van der Waals surface area contributed by atoms with Crippen LogP contribution in [-0.2, 0) is 126 Å². The Bertz CT molecular complexity index is 8050. The zero-order chi connectivity index (χ0) is 101. The number of ether oxygens (including phenoxy) is 3. The van der Waals surface area contributed by atoms with Gasteiger partial charge in [-0.1, -0.05) is 86.6 Å². The van der Waals surface area contributed by atoms with Gasteiger partial charge < -0.3 is 43.2 Å². The van der Waals surface area contributed by atoms with Gasteiger partial charge in [0.05, 0.1) is 87.6 Å². The maximum absolute atomic E-state index is 16.1. The van der Waals surface area contributed by atoms with Crippen molar-refractivity contribution in [1.29, 1.82) is 0 Å². The summed E-state index contributed by atoms with van der Waals surface area (Å²) in [6.07, 6.45) is 3.16. The van der Waals surface area contributed by atoms with E-state index in [1.165, 1.54) is 23.9 Å². The zero-order valence-corrected chi connectivity index (χ0v) is 87.9. The molecule has 0 amide bonds. The van der Waals surface area contributed by atoms with E-state index in [-0.39, 0.29) is 23.1 Å². The third kappa shape index (κ3) is 19.9. The van der Waals surface area contributed by atoms with Gasteiger partial charge in [-0.3, -0.25) is 28.1 Å². The van der Waals surface area contributed by atoms with Gasteiger partial charge in [-0.15, -0.1) is 70.6 Å². The number of hydrogen-bond acceptors (Lipinski definition) is 18. The lowest BCUT2D eigenvalue weighted by atomic mass is 9.98. The molecule has 24 nitrogen and oxygen atoms in total. The second-order valence-electron chi connectivity index (χ2n) is 37.6. The van der Waals surface area contributed by atoms with Crippen LogP contribution in [0.1, 0.15) is 176 Å². The van der Waals surface area contributed by atoms with Crippen LogP contribution in [0.25, 0.3) is 98.4 Å². The average molecular weight is 2050 g/mol. The molecular formula is C111H114F3N15O9S6. The number of fused-ring (bicyclic) bond motifs is 24. The number of benzene rings is 9. The van der Waals surface area contributed by atoms with Crippen LogP contribution in [0.4, 0.5) is 13.2 Å². The summed E-state index contributed by atoms with van der Waals surface area (Å²) in [5.74, 6) is 4.64. The standard InChI is InChI=1S/C38H40FN5O3S2.C37H38FN5O3S2.C36H36FN5O3S2/c1-22(2)18-44-26-16-25(41-44)19-48-21-32-34(23(3)40-43(32)5)35-31(39)13-12-30-29(37(38(45)46)42(4)36(30)35)11-8-14-47-33-17-27(49-20-26)15-24-9-6-7-10-28(24)33;1-21(2)43-25-16-24(40-43)18-47-20-31-33(22(3)39-42(31)5)34-30(38)13-12-29-28(36(37(44)45)41(4)35(29)34)11-8-14-46-32-17-26(48-19-25)15-23-9-6-7-10-27(23)32;1-5-42-24-16-23(39-42)18-46-20-30-32(21(2)38-41(30)4)33-29(37)13-12-28-27(35(36(43)44)40(3)34(28)33)11-8-14-45-31-17-25(47-19-24)15-22-9-6-7-10-26(22)31/h6-7,9-10,12-13,15-17,22H,8,11,14,18-21H2,1-5H3,(H,45,46);6-7,9-10,12-13,15-17,21H,8,11,14,18-20H2,1-5H3,(H,44,45);6-7,9-10,12-13,15-17H,5,8,11,14,18-20H2,1-4H3,(H,43,44). The molecule has 0 atom stereocenters. The molecule has 18 aromatic rings. The van der Waals surface area contributed by atoms with Crippen molar-refractivity contribution in [3.8, 4) is 50.6 Å². The Morgan fingerprint density at radius 3 is 1.03 bits per heavy atom. The Morgan fingerprint density at radius 1 is 0.375 bits per heavy atom. The van der Waals surface area contributed by atoms with Gasteiger partial charge in [0, 0.05) is 211 Å². The lowest BCUT2D eigenvalue weighted by Gasteiger charge is -2.14. The first-order chi connectivity index (χ1) is 69.5. The molecule has 0 saturated heterocycles. The number of halogens is 3. The van der Waals surface area contributed by atoms with Gasteiger partial charge in [-0.2, -0.15) is 30.6 Å². The second kappa shape index (κ2) is 42.6. The van der Waals surface area contributed by atoms with Gasteiger partial charge in [-0.05, 0) is 210 Å². The normalized spacial score (nSPS) is 14.3. The number of carboxylic acids is 3. The highest BCUT2D eigenvalue weighted by Gasteiger charge is 2.34. The van der Waals surface area contributed by atoms with Gasteiger partial charge in [0.2, 0.25) is 0 Å². The topological polar surface area (TPSA) is 261 Å². The molecule has 0 spiro atoms. The van der Waals surface area contributed by atoms with Crippen molar-refractivity contribution in [2.75, 3.05) is 19.8 Å². The molecule has 33 heteroatoms. The van der Waals surface area contributed by atoms with Crippen LogP contribution in [0.5, 0.6) is 17.2 Å². The van der Waals surface area contributed by atoms with Gasteiger partial charge in [0.25, 0.3) is 0 Å². The van der Waals surface area contributed by atoms with E-state index < -0.39 is 35.4 Å². The van der Waals surface area contributed by atoms with E-state index in [0.717, 1.165) is 156 Å². The number of hydrogen-bond donors (Lipinski definition) is 3. The van der Waals surface area contributed by atoms with Crippen LogP contribution >= 0.6 is 70.6 Å². The number of carboxylic acid groups (broad SMARTS) is 3. The Labute approximate surface area is 858 Å². The lowest BCUT2D eigenvalue weighted by Crippen LogP contribution is -2.09. The van der Waals surface area contributed by atoms with Crippen LogP contribution in [0.3, 0.4) is 0 Å². The predicted octanol–water partition coefficient (Wildman–Crippen LogP) is 25.6. The van der Waals surface area contributed by atoms with E-state index in [9.17, 15) is 29.7 Å². The highest BCUT2D eigenvalue weighted by molar-refractivity contribution is 7.99. The molecule has 3 aliphatic rings. The number of nitrogens with zero attached hydrogens (tertiary/aromatic N) is 15. The van der Waals surface area contributed by atoms with Gasteiger partial charge in [0.1, 0.15) is 51.8 Å². The fraction of sp³-hybridized carbons (Fsp3) is 0.324.